The van der Waals surface area contributed by atoms with Gasteiger partial charge < -0.3 is 5.32 Å². The SMILES string of the molecule is CNCc1cn(C)nc1-c1cccc(Cl)c1. The number of nitrogens with zero attached hydrogens (tertiary/aromatic N) is 2. The van der Waals surface area contributed by atoms with Crippen molar-refractivity contribution in [1.29, 1.82) is 0 Å². The second-order valence-corrected chi connectivity index (χ2v) is 4.15. The van der Waals surface area contributed by atoms with E-state index in [0.717, 1.165) is 22.8 Å². The summed E-state index contributed by atoms with van der Waals surface area (Å²) in [6.45, 7) is 0.801. The fraction of sp³-hybridized carbons (Fsp3) is 0.250. The van der Waals surface area contributed by atoms with Gasteiger partial charge in [-0.15, -0.1) is 0 Å². The molecule has 84 valence electrons. The van der Waals surface area contributed by atoms with Gasteiger partial charge in [0.2, 0.25) is 0 Å². The molecule has 0 spiro atoms. The average Bonchev–Trinajstić information content (AvgIpc) is 2.60. The number of rotatable bonds is 3. The number of aryl methyl sites for hydroxylation is 1. The second kappa shape index (κ2) is 4.68. The van der Waals surface area contributed by atoms with Crippen molar-refractivity contribution in [1.82, 2.24) is 15.1 Å². The van der Waals surface area contributed by atoms with Crippen LogP contribution >= 0.6 is 11.6 Å². The van der Waals surface area contributed by atoms with E-state index in [-0.39, 0.29) is 0 Å². The third-order valence-electron chi connectivity index (χ3n) is 2.37. The van der Waals surface area contributed by atoms with Gasteiger partial charge in [-0.3, -0.25) is 4.68 Å². The zero-order valence-electron chi connectivity index (χ0n) is 9.37. The normalized spacial score (nSPS) is 10.7. The first kappa shape index (κ1) is 11.2. The van der Waals surface area contributed by atoms with Crippen LogP contribution in [0.4, 0.5) is 0 Å². The lowest BCUT2D eigenvalue weighted by molar-refractivity contribution is 0.765. The Bertz CT molecular complexity index is 491. The Morgan fingerprint density at radius 2 is 2.25 bits per heavy atom. The summed E-state index contributed by atoms with van der Waals surface area (Å²) < 4.78 is 1.82. The lowest BCUT2D eigenvalue weighted by Gasteiger charge is -2.01. The zero-order chi connectivity index (χ0) is 11.5. The van der Waals surface area contributed by atoms with Gasteiger partial charge >= 0.3 is 0 Å². The largest absolute Gasteiger partial charge is 0.316 e. The smallest absolute Gasteiger partial charge is 0.0968 e. The summed E-state index contributed by atoms with van der Waals surface area (Å²) >= 11 is 5.98. The molecule has 2 aromatic rings. The molecular formula is C12H14ClN3. The molecule has 3 nitrogen and oxygen atoms in total. The monoisotopic (exact) mass is 235 g/mol. The summed E-state index contributed by atoms with van der Waals surface area (Å²) in [5, 5.41) is 8.33. The minimum Gasteiger partial charge on any atom is -0.316 e. The third kappa shape index (κ3) is 2.26. The van der Waals surface area contributed by atoms with E-state index >= 15 is 0 Å². The predicted molar refractivity (Wildman–Crippen MR) is 66.4 cm³/mol. The third-order valence-corrected chi connectivity index (χ3v) is 2.60. The molecule has 4 heteroatoms. The summed E-state index contributed by atoms with van der Waals surface area (Å²) in [6.07, 6.45) is 2.02. The zero-order valence-corrected chi connectivity index (χ0v) is 10.1. The van der Waals surface area contributed by atoms with Crippen LogP contribution in [0, 0.1) is 0 Å². The summed E-state index contributed by atoms with van der Waals surface area (Å²) in [5.41, 5.74) is 3.21. The molecule has 1 N–H and O–H groups in total. The van der Waals surface area contributed by atoms with Crippen LogP contribution in [0.2, 0.25) is 5.02 Å². The molecular weight excluding hydrogens is 222 g/mol. The number of hydrogen-bond acceptors (Lipinski definition) is 2. The molecule has 16 heavy (non-hydrogen) atoms. The number of hydrogen-bond donors (Lipinski definition) is 1. The van der Waals surface area contributed by atoms with Crippen molar-refractivity contribution in [2.24, 2.45) is 7.05 Å². The maximum atomic E-state index is 5.98. The number of aromatic nitrogens is 2. The van der Waals surface area contributed by atoms with E-state index in [0.29, 0.717) is 0 Å². The molecule has 1 aromatic heterocycles. The van der Waals surface area contributed by atoms with E-state index in [1.807, 2.05) is 49.2 Å². The van der Waals surface area contributed by atoms with Crippen LogP contribution in [0.15, 0.2) is 30.5 Å². The van der Waals surface area contributed by atoms with E-state index in [1.165, 1.54) is 5.56 Å². The molecule has 0 unspecified atom stereocenters. The van der Waals surface area contributed by atoms with Gasteiger partial charge in [0.25, 0.3) is 0 Å². The fourth-order valence-corrected chi connectivity index (χ4v) is 1.93. The predicted octanol–water partition coefficient (Wildman–Crippen LogP) is 2.46. The van der Waals surface area contributed by atoms with E-state index < -0.39 is 0 Å². The number of nitrogens with one attached hydrogen (secondary N) is 1. The van der Waals surface area contributed by atoms with Crippen molar-refractivity contribution in [3.8, 4) is 11.3 Å². The Labute approximate surface area is 100 Å². The highest BCUT2D eigenvalue weighted by Crippen LogP contribution is 2.24. The van der Waals surface area contributed by atoms with Gasteiger partial charge in [0.05, 0.1) is 5.69 Å². The number of benzene rings is 1. The molecule has 0 aliphatic heterocycles. The quantitative estimate of drug-likeness (QED) is 0.886. The molecule has 0 amide bonds. The summed E-state index contributed by atoms with van der Waals surface area (Å²) in [6, 6.07) is 7.76. The van der Waals surface area contributed by atoms with Crippen LogP contribution in [0.5, 0.6) is 0 Å². The van der Waals surface area contributed by atoms with Crippen LogP contribution in [0.3, 0.4) is 0 Å². The Morgan fingerprint density at radius 1 is 1.44 bits per heavy atom. The molecule has 0 saturated heterocycles. The van der Waals surface area contributed by atoms with Gasteiger partial charge in [0, 0.05) is 35.9 Å². The molecule has 0 aliphatic carbocycles. The molecule has 0 atom stereocenters. The molecule has 0 bridgehead atoms. The fourth-order valence-electron chi connectivity index (χ4n) is 1.74. The molecule has 1 heterocycles. The van der Waals surface area contributed by atoms with Crippen LogP contribution in [0.25, 0.3) is 11.3 Å². The van der Waals surface area contributed by atoms with E-state index in [2.05, 4.69) is 10.4 Å². The highest BCUT2D eigenvalue weighted by atomic mass is 35.5. The van der Waals surface area contributed by atoms with Crippen molar-refractivity contribution < 1.29 is 0 Å². The first-order valence-electron chi connectivity index (χ1n) is 5.14. The van der Waals surface area contributed by atoms with Crippen LogP contribution in [-0.4, -0.2) is 16.8 Å². The van der Waals surface area contributed by atoms with Crippen molar-refractivity contribution in [3.63, 3.8) is 0 Å². The van der Waals surface area contributed by atoms with E-state index in [1.54, 1.807) is 0 Å². The summed E-state index contributed by atoms with van der Waals surface area (Å²) in [5.74, 6) is 0. The molecule has 1 aromatic carbocycles. The van der Waals surface area contributed by atoms with Gasteiger partial charge in [0.1, 0.15) is 0 Å². The van der Waals surface area contributed by atoms with Crippen LogP contribution in [-0.2, 0) is 13.6 Å². The highest BCUT2D eigenvalue weighted by Gasteiger charge is 2.09. The molecule has 0 fully saturated rings. The van der Waals surface area contributed by atoms with Gasteiger partial charge in [-0.25, -0.2) is 0 Å². The minimum absolute atomic E-state index is 0.735. The lowest BCUT2D eigenvalue weighted by Crippen LogP contribution is -2.05. The Hall–Kier alpha value is -1.32. The molecule has 2 rings (SSSR count). The maximum Gasteiger partial charge on any atom is 0.0968 e. The molecule has 0 saturated carbocycles. The molecule has 0 radical (unpaired) electrons. The van der Waals surface area contributed by atoms with Crippen molar-refractivity contribution >= 4 is 11.6 Å². The van der Waals surface area contributed by atoms with Gasteiger partial charge in [-0.1, -0.05) is 23.7 Å². The Balaban J connectivity index is 2.46. The summed E-state index contributed by atoms with van der Waals surface area (Å²) in [7, 11) is 3.85. The van der Waals surface area contributed by atoms with Gasteiger partial charge in [-0.2, -0.15) is 5.10 Å². The first-order valence-corrected chi connectivity index (χ1v) is 5.51. The summed E-state index contributed by atoms with van der Waals surface area (Å²) in [4.78, 5) is 0. The Morgan fingerprint density at radius 3 is 2.94 bits per heavy atom. The highest BCUT2D eigenvalue weighted by molar-refractivity contribution is 6.30. The van der Waals surface area contributed by atoms with Crippen molar-refractivity contribution in [3.05, 3.63) is 41.0 Å². The lowest BCUT2D eigenvalue weighted by atomic mass is 10.1. The minimum atomic E-state index is 0.735. The van der Waals surface area contributed by atoms with Gasteiger partial charge in [0.15, 0.2) is 0 Å². The van der Waals surface area contributed by atoms with Crippen molar-refractivity contribution in [2.45, 2.75) is 6.54 Å². The second-order valence-electron chi connectivity index (χ2n) is 3.72. The van der Waals surface area contributed by atoms with Crippen LogP contribution < -0.4 is 5.32 Å². The van der Waals surface area contributed by atoms with Crippen molar-refractivity contribution in [2.75, 3.05) is 7.05 Å². The Kier molecular flexibility index (Phi) is 3.27. The average molecular weight is 236 g/mol. The maximum absolute atomic E-state index is 5.98. The first-order chi connectivity index (χ1) is 7.70. The van der Waals surface area contributed by atoms with Gasteiger partial charge in [-0.05, 0) is 19.2 Å². The van der Waals surface area contributed by atoms with E-state index in [4.69, 9.17) is 11.6 Å². The van der Waals surface area contributed by atoms with Crippen LogP contribution in [0.1, 0.15) is 5.56 Å². The topological polar surface area (TPSA) is 29.9 Å². The number of halogens is 1. The standard InChI is InChI=1S/C12H14ClN3/c1-14-7-10-8-16(2)15-12(10)9-4-3-5-11(13)6-9/h3-6,8,14H,7H2,1-2H3. The van der Waals surface area contributed by atoms with E-state index in [9.17, 15) is 0 Å². The molecule has 0 aliphatic rings.